The molecular weight excluding hydrogens is 441 g/mol. The van der Waals surface area contributed by atoms with Crippen molar-refractivity contribution in [3.8, 4) is 0 Å². The average molecular weight is 457 g/mol. The number of amides is 2. The van der Waals surface area contributed by atoms with Crippen molar-refractivity contribution in [2.24, 2.45) is 0 Å². The maximum Gasteiger partial charge on any atom is 0.256 e. The SMILES string of the molecule is O=C(NCc1cccc(NC(=O)c2ccccc2I)c1)c1cccnc1. The molecule has 2 N–H and O–H groups in total. The number of aromatic nitrogens is 1. The second-order valence-electron chi connectivity index (χ2n) is 5.56. The Balaban J connectivity index is 1.64. The van der Waals surface area contributed by atoms with E-state index in [1.54, 1.807) is 24.4 Å². The Morgan fingerprint density at radius 2 is 1.81 bits per heavy atom. The van der Waals surface area contributed by atoms with E-state index in [-0.39, 0.29) is 11.8 Å². The van der Waals surface area contributed by atoms with Crippen LogP contribution in [0.3, 0.4) is 0 Å². The normalized spacial score (nSPS) is 10.2. The summed E-state index contributed by atoms with van der Waals surface area (Å²) < 4.78 is 0.891. The van der Waals surface area contributed by atoms with E-state index in [0.29, 0.717) is 23.4 Å². The number of anilines is 1. The summed E-state index contributed by atoms with van der Waals surface area (Å²) in [5, 5.41) is 5.74. The highest BCUT2D eigenvalue weighted by Crippen LogP contribution is 2.16. The monoisotopic (exact) mass is 457 g/mol. The van der Waals surface area contributed by atoms with Gasteiger partial charge < -0.3 is 10.6 Å². The number of pyridine rings is 1. The van der Waals surface area contributed by atoms with Gasteiger partial charge in [0.1, 0.15) is 0 Å². The minimum absolute atomic E-state index is 0.161. The van der Waals surface area contributed by atoms with Gasteiger partial charge in [-0.15, -0.1) is 0 Å². The highest BCUT2D eigenvalue weighted by Gasteiger charge is 2.10. The van der Waals surface area contributed by atoms with Crippen molar-refractivity contribution in [1.29, 1.82) is 0 Å². The Kier molecular flexibility index (Phi) is 5.96. The Bertz CT molecular complexity index is 929. The van der Waals surface area contributed by atoms with E-state index >= 15 is 0 Å². The number of hydrogen-bond donors (Lipinski definition) is 2. The van der Waals surface area contributed by atoms with E-state index in [1.807, 2.05) is 42.5 Å². The van der Waals surface area contributed by atoms with Crippen molar-refractivity contribution in [2.45, 2.75) is 6.54 Å². The Morgan fingerprint density at radius 3 is 2.58 bits per heavy atom. The summed E-state index contributed by atoms with van der Waals surface area (Å²) in [5.74, 6) is -0.349. The lowest BCUT2D eigenvalue weighted by Crippen LogP contribution is -2.23. The molecule has 26 heavy (non-hydrogen) atoms. The molecule has 0 bridgehead atoms. The van der Waals surface area contributed by atoms with Gasteiger partial charge in [0.2, 0.25) is 0 Å². The molecule has 2 amide bonds. The lowest BCUT2D eigenvalue weighted by Gasteiger charge is -2.09. The summed E-state index contributed by atoms with van der Waals surface area (Å²) in [5.41, 5.74) is 2.71. The highest BCUT2D eigenvalue weighted by atomic mass is 127. The summed E-state index contributed by atoms with van der Waals surface area (Å²) in [7, 11) is 0. The van der Waals surface area contributed by atoms with Crippen molar-refractivity contribution in [3.05, 3.63) is 93.3 Å². The van der Waals surface area contributed by atoms with Crippen LogP contribution in [0.2, 0.25) is 0 Å². The van der Waals surface area contributed by atoms with Crippen LogP contribution in [0.5, 0.6) is 0 Å². The van der Waals surface area contributed by atoms with E-state index < -0.39 is 0 Å². The third-order valence-electron chi connectivity index (χ3n) is 3.68. The molecular formula is C20H16IN3O2. The first kappa shape index (κ1) is 18.1. The maximum atomic E-state index is 12.4. The fourth-order valence-corrected chi connectivity index (χ4v) is 3.02. The van der Waals surface area contributed by atoms with Gasteiger partial charge in [-0.25, -0.2) is 0 Å². The second kappa shape index (κ2) is 8.57. The highest BCUT2D eigenvalue weighted by molar-refractivity contribution is 14.1. The zero-order chi connectivity index (χ0) is 18.4. The van der Waals surface area contributed by atoms with Crippen LogP contribution < -0.4 is 10.6 Å². The molecule has 3 rings (SSSR count). The molecule has 0 atom stereocenters. The molecule has 0 aliphatic carbocycles. The van der Waals surface area contributed by atoms with Crippen LogP contribution in [-0.4, -0.2) is 16.8 Å². The van der Waals surface area contributed by atoms with E-state index in [4.69, 9.17) is 0 Å². The third-order valence-corrected chi connectivity index (χ3v) is 4.62. The van der Waals surface area contributed by atoms with Gasteiger partial charge in [-0.2, -0.15) is 0 Å². The predicted molar refractivity (Wildman–Crippen MR) is 109 cm³/mol. The first-order valence-electron chi connectivity index (χ1n) is 7.96. The topological polar surface area (TPSA) is 71.1 Å². The fourth-order valence-electron chi connectivity index (χ4n) is 2.38. The van der Waals surface area contributed by atoms with Crippen molar-refractivity contribution in [1.82, 2.24) is 10.3 Å². The molecule has 0 aliphatic rings. The summed E-state index contributed by atoms with van der Waals surface area (Å²) in [6.07, 6.45) is 3.14. The molecule has 0 aliphatic heterocycles. The van der Waals surface area contributed by atoms with Crippen LogP contribution in [0.4, 0.5) is 5.69 Å². The minimum atomic E-state index is -0.189. The number of benzene rings is 2. The molecule has 5 nitrogen and oxygen atoms in total. The molecule has 130 valence electrons. The standard InChI is InChI=1S/C20H16IN3O2/c21-18-9-2-1-8-17(18)20(26)24-16-7-3-5-14(11-16)12-23-19(25)15-6-4-10-22-13-15/h1-11,13H,12H2,(H,23,25)(H,24,26). The summed E-state index contributed by atoms with van der Waals surface area (Å²) in [4.78, 5) is 28.4. The van der Waals surface area contributed by atoms with Gasteiger partial charge in [0.15, 0.2) is 0 Å². The van der Waals surface area contributed by atoms with E-state index in [1.165, 1.54) is 6.20 Å². The van der Waals surface area contributed by atoms with Gasteiger partial charge in [-0.1, -0.05) is 24.3 Å². The van der Waals surface area contributed by atoms with Gasteiger partial charge in [0, 0.05) is 28.2 Å². The zero-order valence-electron chi connectivity index (χ0n) is 13.8. The average Bonchev–Trinajstić information content (AvgIpc) is 2.67. The Labute approximate surface area is 165 Å². The molecule has 1 heterocycles. The molecule has 0 saturated heterocycles. The summed E-state index contributed by atoms with van der Waals surface area (Å²) >= 11 is 2.14. The van der Waals surface area contributed by atoms with E-state index in [9.17, 15) is 9.59 Å². The fraction of sp³-hybridized carbons (Fsp3) is 0.0500. The molecule has 0 saturated carbocycles. The van der Waals surface area contributed by atoms with E-state index in [2.05, 4.69) is 38.2 Å². The van der Waals surface area contributed by atoms with Crippen molar-refractivity contribution < 1.29 is 9.59 Å². The first-order valence-corrected chi connectivity index (χ1v) is 9.04. The lowest BCUT2D eigenvalue weighted by molar-refractivity contribution is 0.0949. The number of hydrogen-bond acceptors (Lipinski definition) is 3. The summed E-state index contributed by atoms with van der Waals surface area (Å²) in [6, 6.07) is 18.2. The van der Waals surface area contributed by atoms with Gasteiger partial charge in [0.25, 0.3) is 11.8 Å². The van der Waals surface area contributed by atoms with Gasteiger partial charge >= 0.3 is 0 Å². The number of nitrogens with one attached hydrogen (secondary N) is 2. The number of carbonyl (C=O) groups is 2. The molecule has 0 fully saturated rings. The molecule has 0 radical (unpaired) electrons. The minimum Gasteiger partial charge on any atom is -0.348 e. The summed E-state index contributed by atoms with van der Waals surface area (Å²) in [6.45, 7) is 0.361. The molecule has 3 aromatic rings. The molecule has 6 heteroatoms. The van der Waals surface area contributed by atoms with Gasteiger partial charge in [0.05, 0.1) is 11.1 Å². The van der Waals surface area contributed by atoms with Crippen LogP contribution in [0.25, 0.3) is 0 Å². The van der Waals surface area contributed by atoms with E-state index in [0.717, 1.165) is 9.13 Å². The quantitative estimate of drug-likeness (QED) is 0.572. The van der Waals surface area contributed by atoms with Gasteiger partial charge in [-0.05, 0) is 64.6 Å². The maximum absolute atomic E-state index is 12.4. The number of nitrogens with zero attached hydrogens (tertiary/aromatic N) is 1. The predicted octanol–water partition coefficient (Wildman–Crippen LogP) is 3.87. The molecule has 1 aromatic heterocycles. The van der Waals surface area contributed by atoms with Crippen molar-refractivity contribution >= 4 is 40.1 Å². The second-order valence-corrected chi connectivity index (χ2v) is 6.72. The van der Waals surface area contributed by atoms with Crippen LogP contribution in [0.15, 0.2) is 73.1 Å². The molecule has 0 unspecified atom stereocenters. The molecule has 0 spiro atoms. The Hall–Kier alpha value is -2.74. The van der Waals surface area contributed by atoms with Crippen LogP contribution in [0, 0.1) is 3.57 Å². The van der Waals surface area contributed by atoms with Crippen LogP contribution >= 0.6 is 22.6 Å². The zero-order valence-corrected chi connectivity index (χ0v) is 15.9. The first-order chi connectivity index (χ1) is 12.6. The third kappa shape index (κ3) is 4.66. The number of carbonyl (C=O) groups excluding carboxylic acids is 2. The number of rotatable bonds is 5. The van der Waals surface area contributed by atoms with Crippen LogP contribution in [0.1, 0.15) is 26.3 Å². The largest absolute Gasteiger partial charge is 0.348 e. The van der Waals surface area contributed by atoms with Crippen molar-refractivity contribution in [2.75, 3.05) is 5.32 Å². The van der Waals surface area contributed by atoms with Crippen LogP contribution in [-0.2, 0) is 6.54 Å². The number of halogens is 1. The van der Waals surface area contributed by atoms with Crippen molar-refractivity contribution in [3.63, 3.8) is 0 Å². The molecule has 2 aromatic carbocycles. The smallest absolute Gasteiger partial charge is 0.256 e. The Morgan fingerprint density at radius 1 is 0.962 bits per heavy atom. The van der Waals surface area contributed by atoms with Gasteiger partial charge in [-0.3, -0.25) is 14.6 Å². The lowest BCUT2D eigenvalue weighted by atomic mass is 10.1.